The van der Waals surface area contributed by atoms with Crippen LogP contribution in [0.2, 0.25) is 0 Å². The van der Waals surface area contributed by atoms with E-state index in [9.17, 15) is 18.3 Å². The summed E-state index contributed by atoms with van der Waals surface area (Å²) in [5.74, 6) is 0.977. The van der Waals surface area contributed by atoms with Crippen LogP contribution in [-0.4, -0.2) is 60.7 Å². The Bertz CT molecular complexity index is 816. The van der Waals surface area contributed by atoms with Crippen molar-refractivity contribution in [3.63, 3.8) is 0 Å². The van der Waals surface area contributed by atoms with Crippen molar-refractivity contribution in [2.45, 2.75) is 12.6 Å². The van der Waals surface area contributed by atoms with Gasteiger partial charge in [0.05, 0.1) is 10.7 Å². The Hall–Kier alpha value is -2.49. The van der Waals surface area contributed by atoms with Crippen LogP contribution in [0.25, 0.3) is 0 Å². The predicted octanol–water partition coefficient (Wildman–Crippen LogP) is 2.81. The average molecular weight is 413 g/mol. The summed E-state index contributed by atoms with van der Waals surface area (Å²) in [7, 11) is 1.68. The molecule has 0 saturated carbocycles. The lowest BCUT2D eigenvalue weighted by atomic mass is 10.2. The number of nitrogens with zero attached hydrogens (tertiary/aromatic N) is 4. The van der Waals surface area contributed by atoms with E-state index in [-0.39, 0.29) is 5.75 Å². The molecule has 1 fully saturated rings. The standard InChI is InChI=1S/C18H22F3N5OS/c1-22-17(23-7-6-16-24-15(12-28-16)18(19,20)21)26-10-8-25(9-11-26)13-4-2-3-5-14(13)27/h2-5,12,27H,6-11H2,1H3,(H,22,23). The van der Waals surface area contributed by atoms with Crippen molar-refractivity contribution in [3.8, 4) is 5.75 Å². The minimum absolute atomic E-state index is 0.264. The van der Waals surface area contributed by atoms with E-state index in [1.165, 1.54) is 0 Å². The Morgan fingerprint density at radius 1 is 1.25 bits per heavy atom. The number of aliphatic imine (C=N–C) groups is 1. The van der Waals surface area contributed by atoms with Crippen LogP contribution in [0.1, 0.15) is 10.7 Å². The first-order valence-electron chi connectivity index (χ1n) is 8.88. The van der Waals surface area contributed by atoms with E-state index >= 15 is 0 Å². The number of guanidine groups is 1. The summed E-state index contributed by atoms with van der Waals surface area (Å²) < 4.78 is 37.8. The smallest absolute Gasteiger partial charge is 0.434 e. The Labute approximate surface area is 165 Å². The van der Waals surface area contributed by atoms with Crippen LogP contribution in [-0.2, 0) is 12.6 Å². The Kier molecular flexibility index (Phi) is 6.28. The molecule has 0 radical (unpaired) electrons. The van der Waals surface area contributed by atoms with E-state index in [0.29, 0.717) is 23.9 Å². The number of alkyl halides is 3. The summed E-state index contributed by atoms with van der Waals surface area (Å²) in [5.41, 5.74) is -0.0218. The van der Waals surface area contributed by atoms with Gasteiger partial charge >= 0.3 is 6.18 Å². The molecule has 152 valence electrons. The van der Waals surface area contributed by atoms with Gasteiger partial charge in [0.25, 0.3) is 0 Å². The molecule has 2 N–H and O–H groups in total. The van der Waals surface area contributed by atoms with Crippen LogP contribution in [0, 0.1) is 0 Å². The summed E-state index contributed by atoms with van der Waals surface area (Å²) in [4.78, 5) is 12.1. The highest BCUT2D eigenvalue weighted by molar-refractivity contribution is 7.09. The van der Waals surface area contributed by atoms with Gasteiger partial charge in [-0.3, -0.25) is 4.99 Å². The third-order valence-corrected chi connectivity index (χ3v) is 5.39. The lowest BCUT2D eigenvalue weighted by Crippen LogP contribution is -2.52. The first kappa shape index (κ1) is 20.2. The third-order valence-electron chi connectivity index (χ3n) is 4.48. The van der Waals surface area contributed by atoms with Crippen molar-refractivity contribution in [1.82, 2.24) is 15.2 Å². The Morgan fingerprint density at radius 2 is 1.96 bits per heavy atom. The predicted molar refractivity (Wildman–Crippen MR) is 104 cm³/mol. The van der Waals surface area contributed by atoms with Gasteiger partial charge < -0.3 is 20.2 Å². The number of hydrogen-bond acceptors (Lipinski definition) is 5. The number of aromatic nitrogens is 1. The lowest BCUT2D eigenvalue weighted by molar-refractivity contribution is -0.140. The van der Waals surface area contributed by atoms with Gasteiger partial charge in [0.1, 0.15) is 5.75 Å². The summed E-state index contributed by atoms with van der Waals surface area (Å²) in [6.45, 7) is 3.38. The number of piperazine rings is 1. The first-order chi connectivity index (χ1) is 13.4. The zero-order chi connectivity index (χ0) is 20.1. The number of aromatic hydroxyl groups is 1. The second kappa shape index (κ2) is 8.68. The lowest BCUT2D eigenvalue weighted by Gasteiger charge is -2.37. The van der Waals surface area contributed by atoms with Crippen molar-refractivity contribution in [1.29, 1.82) is 0 Å². The van der Waals surface area contributed by atoms with Gasteiger partial charge in [-0.2, -0.15) is 13.2 Å². The van der Waals surface area contributed by atoms with E-state index in [1.54, 1.807) is 19.2 Å². The van der Waals surface area contributed by atoms with Crippen LogP contribution >= 0.6 is 11.3 Å². The molecule has 1 aliphatic heterocycles. The van der Waals surface area contributed by atoms with E-state index in [2.05, 4.69) is 25.1 Å². The number of benzene rings is 1. The zero-order valence-corrected chi connectivity index (χ0v) is 16.2. The highest BCUT2D eigenvalue weighted by Gasteiger charge is 2.33. The molecule has 0 unspecified atom stereocenters. The number of anilines is 1. The molecular formula is C18H22F3N5OS. The number of nitrogens with one attached hydrogen (secondary N) is 1. The average Bonchev–Trinajstić information content (AvgIpc) is 3.15. The summed E-state index contributed by atoms with van der Waals surface area (Å²) in [6, 6.07) is 7.25. The van der Waals surface area contributed by atoms with Crippen LogP contribution in [0.15, 0.2) is 34.6 Å². The molecule has 6 nitrogen and oxygen atoms in total. The number of para-hydroxylation sites is 2. The van der Waals surface area contributed by atoms with E-state index in [0.717, 1.165) is 48.6 Å². The minimum Gasteiger partial charge on any atom is -0.506 e. The molecular weight excluding hydrogens is 391 g/mol. The largest absolute Gasteiger partial charge is 0.506 e. The molecule has 1 aromatic carbocycles. The molecule has 2 aromatic rings. The number of phenolic OH excluding ortho intramolecular Hbond substituents is 1. The molecule has 0 aliphatic carbocycles. The SMILES string of the molecule is CN=C(NCCc1nc(C(F)(F)F)cs1)N1CCN(c2ccccc2O)CC1. The second-order valence-electron chi connectivity index (χ2n) is 6.31. The van der Waals surface area contributed by atoms with E-state index in [4.69, 9.17) is 0 Å². The van der Waals surface area contributed by atoms with Gasteiger partial charge in [-0.15, -0.1) is 11.3 Å². The van der Waals surface area contributed by atoms with E-state index < -0.39 is 11.9 Å². The van der Waals surface area contributed by atoms with Gasteiger partial charge in [-0.25, -0.2) is 4.98 Å². The highest BCUT2D eigenvalue weighted by Crippen LogP contribution is 2.30. The van der Waals surface area contributed by atoms with E-state index in [1.807, 2.05) is 12.1 Å². The minimum atomic E-state index is -4.40. The van der Waals surface area contributed by atoms with Gasteiger partial charge in [0.2, 0.25) is 0 Å². The number of rotatable bonds is 4. The summed E-state index contributed by atoms with van der Waals surface area (Å²) in [6.07, 6.45) is -4.00. The van der Waals surface area contributed by atoms with Gasteiger partial charge in [-0.1, -0.05) is 12.1 Å². The van der Waals surface area contributed by atoms with Crippen LogP contribution in [0.3, 0.4) is 0 Å². The van der Waals surface area contributed by atoms with Crippen LogP contribution in [0.5, 0.6) is 5.75 Å². The number of halogens is 3. The maximum atomic E-state index is 12.6. The van der Waals surface area contributed by atoms with Crippen molar-refractivity contribution in [2.75, 3.05) is 44.7 Å². The van der Waals surface area contributed by atoms with Crippen molar-refractivity contribution in [3.05, 3.63) is 40.3 Å². The molecule has 0 spiro atoms. The van der Waals surface area contributed by atoms with Crippen molar-refractivity contribution in [2.24, 2.45) is 4.99 Å². The number of hydrogen-bond donors (Lipinski definition) is 2. The van der Waals surface area contributed by atoms with Gasteiger partial charge in [0.15, 0.2) is 11.7 Å². The highest BCUT2D eigenvalue weighted by atomic mass is 32.1. The topological polar surface area (TPSA) is 64.0 Å². The monoisotopic (exact) mass is 413 g/mol. The molecule has 0 amide bonds. The number of phenols is 1. The maximum Gasteiger partial charge on any atom is 0.434 e. The molecule has 2 heterocycles. The third kappa shape index (κ3) is 4.86. The fraction of sp³-hybridized carbons (Fsp3) is 0.444. The molecule has 1 aromatic heterocycles. The molecule has 1 aliphatic rings. The van der Waals surface area contributed by atoms with Crippen molar-refractivity contribution < 1.29 is 18.3 Å². The quantitative estimate of drug-likeness (QED) is 0.596. The maximum absolute atomic E-state index is 12.6. The van der Waals surface area contributed by atoms with Gasteiger partial charge in [0, 0.05) is 51.6 Å². The van der Waals surface area contributed by atoms with Crippen molar-refractivity contribution >= 4 is 23.0 Å². The Balaban J connectivity index is 1.49. The van der Waals surface area contributed by atoms with Crippen LogP contribution < -0.4 is 10.2 Å². The zero-order valence-electron chi connectivity index (χ0n) is 15.4. The molecule has 0 atom stereocenters. The Morgan fingerprint density at radius 3 is 2.57 bits per heavy atom. The van der Waals surface area contributed by atoms with Gasteiger partial charge in [-0.05, 0) is 12.1 Å². The van der Waals surface area contributed by atoms with Crippen LogP contribution in [0.4, 0.5) is 18.9 Å². The fourth-order valence-corrected chi connectivity index (χ4v) is 3.87. The fourth-order valence-electron chi connectivity index (χ4n) is 3.06. The normalized spacial score (nSPS) is 15.8. The molecule has 0 bridgehead atoms. The molecule has 28 heavy (non-hydrogen) atoms. The molecule has 1 saturated heterocycles. The summed E-state index contributed by atoms with van der Waals surface area (Å²) >= 11 is 1.02. The second-order valence-corrected chi connectivity index (χ2v) is 7.25. The molecule has 10 heteroatoms. The molecule has 3 rings (SSSR count). The first-order valence-corrected chi connectivity index (χ1v) is 9.76. The number of thiazole rings is 1. The summed E-state index contributed by atoms with van der Waals surface area (Å²) in [5, 5.41) is 14.7.